The number of hydrogen-bond acceptors (Lipinski definition) is 3. The van der Waals surface area contributed by atoms with E-state index in [9.17, 15) is 18.0 Å². The molecule has 0 saturated carbocycles. The van der Waals surface area contributed by atoms with Crippen LogP contribution < -0.4 is 4.74 Å². The summed E-state index contributed by atoms with van der Waals surface area (Å²) >= 11 is 0. The smallest absolute Gasteiger partial charge is 0.418 e. The summed E-state index contributed by atoms with van der Waals surface area (Å²) in [4.78, 5) is 14.4. The number of carbonyl (C=O) groups is 1. The van der Waals surface area contributed by atoms with Crippen LogP contribution in [0.3, 0.4) is 0 Å². The fourth-order valence-corrected chi connectivity index (χ4v) is 1.02. The van der Waals surface area contributed by atoms with Crippen LogP contribution in [0.15, 0.2) is 12.3 Å². The zero-order valence-corrected chi connectivity index (χ0v) is 8.05. The Kier molecular flexibility index (Phi) is 2.97. The molecule has 0 saturated heterocycles. The first-order valence-corrected chi connectivity index (χ1v) is 3.98. The first-order valence-electron chi connectivity index (χ1n) is 3.98. The molecule has 0 N–H and O–H groups in total. The molecule has 0 amide bonds. The van der Waals surface area contributed by atoms with Gasteiger partial charge in [-0.25, -0.2) is 4.98 Å². The third kappa shape index (κ3) is 2.45. The highest BCUT2D eigenvalue weighted by Crippen LogP contribution is 2.31. The van der Waals surface area contributed by atoms with E-state index in [1.54, 1.807) is 0 Å². The van der Waals surface area contributed by atoms with Crippen molar-refractivity contribution in [1.82, 2.24) is 4.98 Å². The Balaban J connectivity index is 3.25. The van der Waals surface area contributed by atoms with Crippen LogP contribution in [-0.2, 0) is 6.18 Å². The monoisotopic (exact) mass is 219 g/mol. The molecular formula is C9H8F3NO2. The average Bonchev–Trinajstić information content (AvgIpc) is 2.15. The topological polar surface area (TPSA) is 39.2 Å². The number of aromatic nitrogens is 1. The van der Waals surface area contributed by atoms with Gasteiger partial charge in [0.25, 0.3) is 0 Å². The number of nitrogens with zero attached hydrogens (tertiary/aromatic N) is 1. The van der Waals surface area contributed by atoms with E-state index in [0.29, 0.717) is 6.20 Å². The van der Waals surface area contributed by atoms with Crippen molar-refractivity contribution in [2.24, 2.45) is 0 Å². The Labute approximate surface area is 83.9 Å². The van der Waals surface area contributed by atoms with Crippen molar-refractivity contribution >= 4 is 5.78 Å². The zero-order chi connectivity index (χ0) is 11.6. The Morgan fingerprint density at radius 2 is 2.07 bits per heavy atom. The van der Waals surface area contributed by atoms with Crippen molar-refractivity contribution in [1.29, 1.82) is 0 Å². The second-order valence-corrected chi connectivity index (χ2v) is 2.83. The molecule has 3 nitrogen and oxygen atoms in total. The number of Topliss-reactive ketones (excluding diaryl/α,β-unsaturated/α-hetero) is 1. The number of methoxy groups -OCH3 is 1. The molecule has 0 atom stereocenters. The molecule has 1 heterocycles. The van der Waals surface area contributed by atoms with Gasteiger partial charge in [-0.15, -0.1) is 0 Å². The van der Waals surface area contributed by atoms with Crippen molar-refractivity contribution in [3.05, 3.63) is 23.5 Å². The van der Waals surface area contributed by atoms with Crippen molar-refractivity contribution in [2.75, 3.05) is 7.11 Å². The SMILES string of the molecule is COc1cc(C(F)(F)F)cnc1C(C)=O. The summed E-state index contributed by atoms with van der Waals surface area (Å²) in [5, 5.41) is 0. The zero-order valence-electron chi connectivity index (χ0n) is 8.05. The third-order valence-corrected chi connectivity index (χ3v) is 1.73. The first kappa shape index (κ1) is 11.5. The van der Waals surface area contributed by atoms with E-state index in [1.165, 1.54) is 14.0 Å². The number of carbonyl (C=O) groups excluding carboxylic acids is 1. The van der Waals surface area contributed by atoms with E-state index in [2.05, 4.69) is 9.72 Å². The van der Waals surface area contributed by atoms with Gasteiger partial charge in [-0.1, -0.05) is 0 Å². The molecule has 82 valence electrons. The van der Waals surface area contributed by atoms with Gasteiger partial charge in [0.15, 0.2) is 5.78 Å². The van der Waals surface area contributed by atoms with Gasteiger partial charge in [0, 0.05) is 13.1 Å². The van der Waals surface area contributed by atoms with E-state index in [-0.39, 0.29) is 11.4 Å². The molecule has 0 radical (unpaired) electrons. The highest BCUT2D eigenvalue weighted by atomic mass is 19.4. The van der Waals surface area contributed by atoms with Crippen LogP contribution in [0.25, 0.3) is 0 Å². The van der Waals surface area contributed by atoms with E-state index >= 15 is 0 Å². The molecule has 1 rings (SSSR count). The maximum atomic E-state index is 12.3. The lowest BCUT2D eigenvalue weighted by atomic mass is 10.2. The molecule has 0 aliphatic carbocycles. The van der Waals surface area contributed by atoms with Crippen LogP contribution in [-0.4, -0.2) is 17.9 Å². The summed E-state index contributed by atoms with van der Waals surface area (Å²) in [7, 11) is 1.18. The van der Waals surface area contributed by atoms with Gasteiger partial charge in [-0.2, -0.15) is 13.2 Å². The van der Waals surface area contributed by atoms with E-state index in [1.807, 2.05) is 0 Å². The molecule has 1 aromatic heterocycles. The summed E-state index contributed by atoms with van der Waals surface area (Å²) in [6.45, 7) is 1.21. The molecule has 0 unspecified atom stereocenters. The third-order valence-electron chi connectivity index (χ3n) is 1.73. The first-order chi connectivity index (χ1) is 6.86. The molecular weight excluding hydrogens is 211 g/mol. The Hall–Kier alpha value is -1.59. The Morgan fingerprint density at radius 3 is 2.47 bits per heavy atom. The number of pyridine rings is 1. The second-order valence-electron chi connectivity index (χ2n) is 2.83. The average molecular weight is 219 g/mol. The quantitative estimate of drug-likeness (QED) is 0.716. The number of halogens is 3. The van der Waals surface area contributed by atoms with E-state index in [0.717, 1.165) is 6.07 Å². The predicted octanol–water partition coefficient (Wildman–Crippen LogP) is 2.31. The molecule has 0 bridgehead atoms. The van der Waals surface area contributed by atoms with Gasteiger partial charge in [-0.3, -0.25) is 4.79 Å². The van der Waals surface area contributed by atoms with Gasteiger partial charge in [-0.05, 0) is 6.07 Å². The predicted molar refractivity (Wildman–Crippen MR) is 45.8 cm³/mol. The lowest BCUT2D eigenvalue weighted by molar-refractivity contribution is -0.137. The molecule has 1 aromatic rings. The highest BCUT2D eigenvalue weighted by molar-refractivity contribution is 5.94. The maximum absolute atomic E-state index is 12.3. The van der Waals surface area contributed by atoms with Crippen molar-refractivity contribution in [3.63, 3.8) is 0 Å². The Morgan fingerprint density at radius 1 is 1.47 bits per heavy atom. The summed E-state index contributed by atoms with van der Waals surface area (Å²) in [5.41, 5.74) is -1.05. The van der Waals surface area contributed by atoms with Crippen LogP contribution in [0.4, 0.5) is 13.2 Å². The summed E-state index contributed by atoms with van der Waals surface area (Å²) in [6.07, 6.45) is -3.88. The largest absolute Gasteiger partial charge is 0.494 e. The van der Waals surface area contributed by atoms with Crippen LogP contribution in [0, 0.1) is 0 Å². The minimum absolute atomic E-state index is 0.106. The summed E-state index contributed by atoms with van der Waals surface area (Å²) < 4.78 is 41.4. The fourth-order valence-electron chi connectivity index (χ4n) is 1.02. The number of alkyl halides is 3. The Bertz CT molecular complexity index is 387. The molecule has 0 aliphatic heterocycles. The normalized spacial score (nSPS) is 11.3. The van der Waals surface area contributed by atoms with Crippen molar-refractivity contribution in [3.8, 4) is 5.75 Å². The van der Waals surface area contributed by atoms with Gasteiger partial charge in [0.2, 0.25) is 0 Å². The summed E-state index contributed by atoms with van der Waals surface area (Å²) in [5.74, 6) is -0.613. The van der Waals surface area contributed by atoms with Crippen LogP contribution >= 0.6 is 0 Å². The van der Waals surface area contributed by atoms with Crippen LogP contribution in [0.5, 0.6) is 5.75 Å². The van der Waals surface area contributed by atoms with Crippen molar-refractivity contribution < 1.29 is 22.7 Å². The molecule has 0 spiro atoms. The number of ether oxygens (including phenoxy) is 1. The van der Waals surface area contributed by atoms with Crippen LogP contribution in [0.1, 0.15) is 23.0 Å². The van der Waals surface area contributed by atoms with Gasteiger partial charge in [0.1, 0.15) is 11.4 Å². The molecule has 6 heteroatoms. The van der Waals surface area contributed by atoms with E-state index < -0.39 is 17.5 Å². The highest BCUT2D eigenvalue weighted by Gasteiger charge is 2.32. The maximum Gasteiger partial charge on any atom is 0.418 e. The lowest BCUT2D eigenvalue weighted by Crippen LogP contribution is -2.09. The van der Waals surface area contributed by atoms with E-state index in [4.69, 9.17) is 0 Å². The van der Waals surface area contributed by atoms with Crippen LogP contribution in [0.2, 0.25) is 0 Å². The van der Waals surface area contributed by atoms with Gasteiger partial charge >= 0.3 is 6.18 Å². The fraction of sp³-hybridized carbons (Fsp3) is 0.333. The second kappa shape index (κ2) is 3.88. The van der Waals surface area contributed by atoms with Gasteiger partial charge < -0.3 is 4.74 Å². The number of hydrogen-bond donors (Lipinski definition) is 0. The minimum atomic E-state index is -4.49. The molecule has 0 fully saturated rings. The summed E-state index contributed by atoms with van der Waals surface area (Å²) in [6, 6.07) is 0.754. The standard InChI is InChI=1S/C9H8F3NO2/c1-5(14)8-7(15-2)3-6(4-13-8)9(10,11)12/h3-4H,1-2H3. The molecule has 0 aliphatic rings. The van der Waals surface area contributed by atoms with Gasteiger partial charge in [0.05, 0.1) is 12.7 Å². The van der Waals surface area contributed by atoms with Crippen molar-refractivity contribution in [2.45, 2.75) is 13.1 Å². The molecule has 0 aromatic carbocycles. The number of rotatable bonds is 2. The minimum Gasteiger partial charge on any atom is -0.494 e. The lowest BCUT2D eigenvalue weighted by Gasteiger charge is -2.09. The molecule has 15 heavy (non-hydrogen) atoms. The number of ketones is 1.